The van der Waals surface area contributed by atoms with E-state index >= 15 is 0 Å². The van der Waals surface area contributed by atoms with Crippen LogP contribution in [0.25, 0.3) is 0 Å². The van der Waals surface area contributed by atoms with Crippen molar-refractivity contribution in [3.05, 3.63) is 29.8 Å². The molecule has 0 unspecified atom stereocenters. The van der Waals surface area contributed by atoms with Crippen LogP contribution in [0.15, 0.2) is 33.8 Å². The highest BCUT2D eigenvalue weighted by Gasteiger charge is 2.14. The van der Waals surface area contributed by atoms with E-state index in [2.05, 4.69) is 15.1 Å². The predicted molar refractivity (Wildman–Crippen MR) is 83.5 cm³/mol. The minimum absolute atomic E-state index is 0.196. The van der Waals surface area contributed by atoms with E-state index in [4.69, 9.17) is 4.74 Å². The van der Waals surface area contributed by atoms with Gasteiger partial charge in [-0.05, 0) is 31.2 Å². The quantitative estimate of drug-likeness (QED) is 0.448. The molecule has 2 rings (SSSR count). The fourth-order valence-corrected chi connectivity index (χ4v) is 2.68. The first-order valence-electron chi connectivity index (χ1n) is 7.24. The number of nitrogens with zero attached hydrogens (tertiary/aromatic N) is 2. The van der Waals surface area contributed by atoms with Gasteiger partial charge < -0.3 is 19.7 Å². The number of rotatable bonds is 7. The van der Waals surface area contributed by atoms with Crippen LogP contribution in [0.2, 0.25) is 0 Å². The van der Waals surface area contributed by atoms with Gasteiger partial charge in [0.1, 0.15) is 0 Å². The van der Waals surface area contributed by atoms with E-state index in [-0.39, 0.29) is 12.3 Å². The number of esters is 1. The number of thioether (sulfide) groups is 1. The van der Waals surface area contributed by atoms with Gasteiger partial charge in [0.2, 0.25) is 5.91 Å². The van der Waals surface area contributed by atoms with E-state index < -0.39 is 11.9 Å². The van der Waals surface area contributed by atoms with Crippen molar-refractivity contribution in [2.24, 2.45) is 7.05 Å². The molecule has 9 heteroatoms. The van der Waals surface area contributed by atoms with Crippen LogP contribution >= 0.6 is 11.8 Å². The number of hydrogen-bond donors (Lipinski definition) is 1. The highest BCUT2D eigenvalue weighted by molar-refractivity contribution is 7.99. The predicted octanol–water partition coefficient (Wildman–Crippen LogP) is 0.870. The summed E-state index contributed by atoms with van der Waals surface area (Å²) in [6, 6.07) is 6.44. The Bertz CT molecular complexity index is 695. The minimum Gasteiger partial charge on any atom is -0.538 e. The molecule has 0 aliphatic heterocycles. The zero-order chi connectivity index (χ0) is 17.5. The van der Waals surface area contributed by atoms with Crippen LogP contribution in [-0.2, 0) is 16.6 Å². The van der Waals surface area contributed by atoms with Gasteiger partial charge in [0, 0.05) is 17.9 Å². The normalized spacial score (nSPS) is 10.4. The maximum atomic E-state index is 11.9. The summed E-state index contributed by atoms with van der Waals surface area (Å²) in [6.07, 6.45) is 0.217. The molecule has 1 aromatic heterocycles. The van der Waals surface area contributed by atoms with Gasteiger partial charge in [-0.15, -0.1) is 0 Å². The van der Waals surface area contributed by atoms with E-state index in [9.17, 15) is 14.7 Å². The van der Waals surface area contributed by atoms with Crippen LogP contribution in [0.5, 0.6) is 5.95 Å². The Morgan fingerprint density at radius 2 is 2.08 bits per heavy atom. The van der Waals surface area contributed by atoms with Crippen molar-refractivity contribution in [3.63, 3.8) is 0 Å². The molecule has 0 aliphatic carbocycles. The van der Waals surface area contributed by atoms with Crippen molar-refractivity contribution in [2.45, 2.75) is 18.4 Å². The van der Waals surface area contributed by atoms with Gasteiger partial charge in [-0.2, -0.15) is 0 Å². The number of aromatic nitrogens is 2. The number of ether oxygens (including phenoxy) is 1. The average molecular weight is 351 g/mol. The summed E-state index contributed by atoms with van der Waals surface area (Å²) in [6.45, 7) is 2.05. The van der Waals surface area contributed by atoms with Gasteiger partial charge in [0.05, 0.1) is 17.4 Å². The summed E-state index contributed by atoms with van der Waals surface area (Å²) >= 11 is 1.20. The Balaban J connectivity index is 1.81. The molecule has 2 aromatic rings. The molecule has 1 amide bonds. The number of carbonyl (C=O) groups is 2. The number of aryl methyl sites for hydroxylation is 1. The van der Waals surface area contributed by atoms with E-state index in [1.54, 1.807) is 38.2 Å². The van der Waals surface area contributed by atoms with Crippen LogP contribution in [0.1, 0.15) is 23.7 Å². The van der Waals surface area contributed by atoms with Gasteiger partial charge in [0.25, 0.3) is 5.03 Å². The van der Waals surface area contributed by atoms with Crippen LogP contribution < -0.4 is 15.1 Å². The summed E-state index contributed by atoms with van der Waals surface area (Å²) in [7, 11) is 1.60. The SMILES string of the molecule is CCOC(=O)c1ccc(NC(=O)CCSc2c([O-])on[n+]2C)cc1. The second-order valence-electron chi connectivity index (χ2n) is 4.73. The van der Waals surface area contributed by atoms with Gasteiger partial charge >= 0.3 is 5.97 Å². The van der Waals surface area contributed by atoms with E-state index in [0.717, 1.165) is 0 Å². The summed E-state index contributed by atoms with van der Waals surface area (Å²) in [4.78, 5) is 23.4. The smallest absolute Gasteiger partial charge is 0.338 e. The monoisotopic (exact) mass is 351 g/mol. The lowest BCUT2D eigenvalue weighted by atomic mass is 10.2. The molecule has 128 valence electrons. The molecule has 0 saturated heterocycles. The van der Waals surface area contributed by atoms with E-state index in [0.29, 0.717) is 28.6 Å². The number of carbonyl (C=O) groups excluding carboxylic acids is 2. The molecule has 24 heavy (non-hydrogen) atoms. The topological polar surface area (TPSA) is 108 Å². The zero-order valence-corrected chi connectivity index (χ0v) is 14.1. The van der Waals surface area contributed by atoms with Crippen molar-refractivity contribution in [2.75, 3.05) is 17.7 Å². The van der Waals surface area contributed by atoms with Gasteiger partial charge in [-0.3, -0.25) is 4.79 Å². The standard InChI is InChI=1S/C15H17N3O5S/c1-3-22-14(20)10-4-6-11(7-5-10)16-12(19)8-9-24-13-15(21)23-17-18(13)2/h4-7H,3,8-9H2,1-2H3,(H-,16,17,19,20,21). The first-order valence-corrected chi connectivity index (χ1v) is 8.22. The number of hydrogen-bond acceptors (Lipinski definition) is 7. The third kappa shape index (κ3) is 4.72. The highest BCUT2D eigenvalue weighted by Crippen LogP contribution is 2.22. The Morgan fingerprint density at radius 1 is 1.38 bits per heavy atom. The molecule has 8 nitrogen and oxygen atoms in total. The van der Waals surface area contributed by atoms with Gasteiger partial charge in [0.15, 0.2) is 13.0 Å². The lowest BCUT2D eigenvalue weighted by Gasteiger charge is -2.06. The summed E-state index contributed by atoms with van der Waals surface area (Å²) < 4.78 is 10.7. The Morgan fingerprint density at radius 3 is 2.67 bits per heavy atom. The number of amides is 1. The van der Waals surface area contributed by atoms with Crippen molar-refractivity contribution >= 4 is 29.3 Å². The number of benzene rings is 1. The Kier molecular flexibility index (Phi) is 6.19. The van der Waals surface area contributed by atoms with Crippen molar-refractivity contribution < 1.29 is 28.6 Å². The van der Waals surface area contributed by atoms with Crippen molar-refractivity contribution in [3.8, 4) is 5.95 Å². The molecule has 1 heterocycles. The molecule has 1 aromatic carbocycles. The van der Waals surface area contributed by atoms with E-state index in [1.807, 2.05) is 0 Å². The first-order chi connectivity index (χ1) is 11.5. The minimum atomic E-state index is -0.516. The lowest BCUT2D eigenvalue weighted by molar-refractivity contribution is -0.772. The van der Waals surface area contributed by atoms with Crippen LogP contribution in [-0.4, -0.2) is 29.5 Å². The Hall–Kier alpha value is -2.55. The summed E-state index contributed by atoms with van der Waals surface area (Å²) in [5, 5.41) is 17.9. The lowest BCUT2D eigenvalue weighted by Crippen LogP contribution is -2.32. The number of anilines is 1. The van der Waals surface area contributed by atoms with E-state index in [1.165, 1.54) is 16.4 Å². The maximum Gasteiger partial charge on any atom is 0.338 e. The third-order valence-electron chi connectivity index (χ3n) is 2.96. The van der Waals surface area contributed by atoms with Crippen LogP contribution in [0, 0.1) is 0 Å². The zero-order valence-electron chi connectivity index (χ0n) is 13.3. The molecule has 0 fully saturated rings. The fraction of sp³-hybridized carbons (Fsp3) is 0.333. The molecule has 1 N–H and O–H groups in total. The summed E-state index contributed by atoms with van der Waals surface area (Å²) in [5.41, 5.74) is 1.01. The largest absolute Gasteiger partial charge is 0.538 e. The average Bonchev–Trinajstić information content (AvgIpc) is 2.87. The van der Waals surface area contributed by atoms with Crippen molar-refractivity contribution in [1.29, 1.82) is 0 Å². The number of nitrogens with one attached hydrogen (secondary N) is 1. The second kappa shape index (κ2) is 8.34. The Labute approximate surface area is 142 Å². The maximum absolute atomic E-state index is 11.9. The third-order valence-corrected chi connectivity index (χ3v) is 4.08. The molecular formula is C15H17N3O5S. The van der Waals surface area contributed by atoms with Gasteiger partial charge in [-0.25, -0.2) is 4.79 Å². The molecule has 0 aliphatic rings. The summed E-state index contributed by atoms with van der Waals surface area (Å²) in [5.74, 6) is -0.700. The fourth-order valence-electron chi connectivity index (χ4n) is 1.83. The molecule has 0 radical (unpaired) electrons. The van der Waals surface area contributed by atoms with Crippen LogP contribution in [0.3, 0.4) is 0 Å². The molecule has 0 spiro atoms. The molecular weight excluding hydrogens is 334 g/mol. The van der Waals surface area contributed by atoms with Gasteiger partial charge in [-0.1, -0.05) is 16.4 Å². The van der Waals surface area contributed by atoms with Crippen molar-refractivity contribution in [1.82, 2.24) is 5.27 Å². The first kappa shape index (κ1) is 17.8. The highest BCUT2D eigenvalue weighted by atomic mass is 32.2. The second-order valence-corrected chi connectivity index (χ2v) is 5.82. The molecule has 0 saturated carbocycles. The molecule has 0 bridgehead atoms. The van der Waals surface area contributed by atoms with Crippen LogP contribution in [0.4, 0.5) is 5.69 Å². The molecule has 0 atom stereocenters.